The number of amides is 1. The monoisotopic (exact) mass is 577 g/mol. The van der Waals surface area contributed by atoms with Crippen LogP contribution in [0.5, 0.6) is 11.5 Å². The van der Waals surface area contributed by atoms with Gasteiger partial charge in [0.25, 0.3) is 10.0 Å². The normalized spacial score (nSPS) is 13.2. The molecule has 13 heteroatoms. The number of hydrogen-bond donors (Lipinski definition) is 1. The lowest BCUT2D eigenvalue weighted by atomic mass is 10.3. The molecule has 4 rings (SSSR count). The second kappa shape index (κ2) is 11.6. The molecule has 0 saturated carbocycles. The Balaban J connectivity index is 1.59. The minimum absolute atomic E-state index is 0.0549. The number of nitrogens with one attached hydrogen (secondary N) is 1. The molecule has 3 aromatic carbocycles. The Labute approximate surface area is 227 Å². The third-order valence-corrected chi connectivity index (χ3v) is 9.80. The molecule has 0 aliphatic carbocycles. The van der Waals surface area contributed by atoms with Crippen molar-refractivity contribution in [3.05, 3.63) is 72.5 Å². The lowest BCUT2D eigenvalue weighted by molar-refractivity contribution is -0.114. The van der Waals surface area contributed by atoms with E-state index in [1.807, 2.05) is 0 Å². The van der Waals surface area contributed by atoms with Crippen LogP contribution in [0.3, 0.4) is 0 Å². The number of benzene rings is 3. The number of nitrogens with zero attached hydrogens (tertiary/aromatic N) is 2. The van der Waals surface area contributed by atoms with E-state index in [1.165, 1.54) is 58.9 Å². The third-order valence-electron chi connectivity index (χ3n) is 5.97. The first-order chi connectivity index (χ1) is 18.6. The van der Waals surface area contributed by atoms with E-state index in [0.29, 0.717) is 25.4 Å². The highest BCUT2D eigenvalue weighted by Crippen LogP contribution is 2.34. The van der Waals surface area contributed by atoms with Crippen molar-refractivity contribution in [3.63, 3.8) is 0 Å². The van der Waals surface area contributed by atoms with Gasteiger partial charge >= 0.3 is 0 Å². The molecule has 1 heterocycles. The first-order valence-corrected chi connectivity index (χ1v) is 15.0. The maximum atomic E-state index is 14.1. The first kappa shape index (κ1) is 28.3. The zero-order chi connectivity index (χ0) is 28.2. The summed E-state index contributed by atoms with van der Waals surface area (Å²) in [7, 11) is -8.03. The fourth-order valence-corrected chi connectivity index (χ4v) is 6.90. The van der Waals surface area contributed by atoms with E-state index in [-0.39, 0.29) is 33.5 Å². The van der Waals surface area contributed by atoms with Crippen molar-refractivity contribution in [2.24, 2.45) is 0 Å². The average Bonchev–Trinajstić information content (AvgIpc) is 2.92. The molecule has 0 radical (unpaired) electrons. The summed E-state index contributed by atoms with van der Waals surface area (Å²) < 4.78 is 79.8. The Hall–Kier alpha value is -3.68. The number of rotatable bonds is 10. The van der Waals surface area contributed by atoms with Crippen LogP contribution in [0.15, 0.2) is 76.5 Å². The van der Waals surface area contributed by atoms with Gasteiger partial charge in [0.15, 0.2) is 11.5 Å². The van der Waals surface area contributed by atoms with Crippen molar-refractivity contribution in [2.75, 3.05) is 42.5 Å². The summed E-state index contributed by atoms with van der Waals surface area (Å²) in [6.45, 7) is 3.99. The number of halogens is 1. The summed E-state index contributed by atoms with van der Waals surface area (Å²) in [6, 6.07) is 14.5. The van der Waals surface area contributed by atoms with Crippen LogP contribution in [0.25, 0.3) is 0 Å². The van der Waals surface area contributed by atoms with Crippen LogP contribution in [-0.2, 0) is 24.8 Å². The third kappa shape index (κ3) is 6.15. The Morgan fingerprint density at radius 3 is 2.13 bits per heavy atom. The lowest BCUT2D eigenvalue weighted by Crippen LogP contribution is -2.38. The topological polar surface area (TPSA) is 122 Å². The highest BCUT2D eigenvalue weighted by molar-refractivity contribution is 7.92. The van der Waals surface area contributed by atoms with E-state index in [2.05, 4.69) is 5.32 Å². The van der Waals surface area contributed by atoms with Gasteiger partial charge < -0.3 is 14.8 Å². The minimum atomic E-state index is -4.35. The largest absolute Gasteiger partial charge is 0.486 e. The molecule has 10 nitrogen and oxygen atoms in total. The number of carbonyl (C=O) groups is 1. The van der Waals surface area contributed by atoms with E-state index in [1.54, 1.807) is 13.8 Å². The van der Waals surface area contributed by atoms with Crippen molar-refractivity contribution >= 4 is 37.3 Å². The van der Waals surface area contributed by atoms with Crippen LogP contribution in [0.4, 0.5) is 15.8 Å². The van der Waals surface area contributed by atoms with E-state index < -0.39 is 38.3 Å². The van der Waals surface area contributed by atoms with Gasteiger partial charge in [-0.05, 0) is 54.6 Å². The Kier molecular flexibility index (Phi) is 8.42. The molecular formula is C26H28FN3O7S2. The zero-order valence-corrected chi connectivity index (χ0v) is 23.0. The maximum absolute atomic E-state index is 14.1. The second-order valence-corrected chi connectivity index (χ2v) is 12.3. The average molecular weight is 578 g/mol. The number of fused-ring (bicyclic) bond motifs is 1. The molecule has 0 spiro atoms. The van der Waals surface area contributed by atoms with Crippen molar-refractivity contribution < 1.29 is 35.5 Å². The molecule has 0 bridgehead atoms. The number of hydrogen-bond acceptors (Lipinski definition) is 7. The molecule has 0 saturated heterocycles. The lowest BCUT2D eigenvalue weighted by Gasteiger charge is -2.25. The summed E-state index contributed by atoms with van der Waals surface area (Å²) in [5.41, 5.74) is 0.204. The van der Waals surface area contributed by atoms with Crippen molar-refractivity contribution in [3.8, 4) is 11.5 Å². The van der Waals surface area contributed by atoms with Crippen molar-refractivity contribution in [1.82, 2.24) is 4.31 Å². The van der Waals surface area contributed by atoms with Crippen molar-refractivity contribution in [1.29, 1.82) is 0 Å². The molecule has 1 N–H and O–H groups in total. The Bertz CT molecular complexity index is 1560. The molecule has 0 unspecified atom stereocenters. The summed E-state index contributed by atoms with van der Waals surface area (Å²) in [5, 5.41) is 2.57. The number of ether oxygens (including phenoxy) is 2. The van der Waals surface area contributed by atoms with Gasteiger partial charge in [-0.1, -0.05) is 19.9 Å². The van der Waals surface area contributed by atoms with Gasteiger partial charge in [0.2, 0.25) is 15.9 Å². The van der Waals surface area contributed by atoms with E-state index >= 15 is 0 Å². The van der Waals surface area contributed by atoms with E-state index in [0.717, 1.165) is 16.4 Å². The first-order valence-electron chi connectivity index (χ1n) is 12.1. The Morgan fingerprint density at radius 1 is 0.846 bits per heavy atom. The number of carbonyl (C=O) groups excluding carboxylic acids is 1. The van der Waals surface area contributed by atoms with Crippen LogP contribution in [0.1, 0.15) is 13.8 Å². The summed E-state index contributed by atoms with van der Waals surface area (Å²) in [6.07, 6.45) is 0. The van der Waals surface area contributed by atoms with Gasteiger partial charge in [0, 0.05) is 24.8 Å². The van der Waals surface area contributed by atoms with Crippen LogP contribution >= 0.6 is 0 Å². The van der Waals surface area contributed by atoms with Gasteiger partial charge in [-0.25, -0.2) is 21.2 Å². The maximum Gasteiger partial charge on any atom is 0.264 e. The standard InChI is InChI=1S/C26H28FN3O7S2/c1-3-29(4-2)38(32,33)22-10-8-20(9-11-22)28-26(31)18-30(21-7-5-6-19(27)16-21)39(34,35)23-12-13-24-25(17-23)37-15-14-36-24/h5-13,16-17H,3-4,14-15,18H2,1-2H3,(H,28,31). The Morgan fingerprint density at radius 2 is 1.49 bits per heavy atom. The molecule has 1 amide bonds. The molecule has 0 atom stereocenters. The van der Waals surface area contributed by atoms with Crippen LogP contribution in [0.2, 0.25) is 0 Å². The number of anilines is 2. The quantitative estimate of drug-likeness (QED) is 0.392. The van der Waals surface area contributed by atoms with Gasteiger partial charge in [0.05, 0.1) is 15.5 Å². The van der Waals surface area contributed by atoms with E-state index in [9.17, 15) is 26.0 Å². The molecular weight excluding hydrogens is 549 g/mol. The molecule has 1 aliphatic rings. The van der Waals surface area contributed by atoms with Crippen molar-refractivity contribution in [2.45, 2.75) is 23.6 Å². The second-order valence-electron chi connectivity index (χ2n) is 8.46. The highest BCUT2D eigenvalue weighted by atomic mass is 32.2. The zero-order valence-electron chi connectivity index (χ0n) is 21.3. The number of sulfonamides is 2. The molecule has 3 aromatic rings. The predicted octanol–water partition coefficient (Wildman–Crippen LogP) is 3.46. The smallest absolute Gasteiger partial charge is 0.264 e. The fourth-order valence-electron chi connectivity index (χ4n) is 4.01. The van der Waals surface area contributed by atoms with Gasteiger partial charge in [-0.15, -0.1) is 0 Å². The van der Waals surface area contributed by atoms with Crippen LogP contribution < -0.4 is 19.1 Å². The summed E-state index contributed by atoms with van der Waals surface area (Å²) in [4.78, 5) is 12.9. The molecule has 1 aliphatic heterocycles. The fraction of sp³-hybridized carbons (Fsp3) is 0.269. The van der Waals surface area contributed by atoms with Gasteiger partial charge in [0.1, 0.15) is 25.6 Å². The molecule has 39 heavy (non-hydrogen) atoms. The van der Waals surface area contributed by atoms with E-state index in [4.69, 9.17) is 9.47 Å². The summed E-state index contributed by atoms with van der Waals surface area (Å²) >= 11 is 0. The van der Waals surface area contributed by atoms with Gasteiger partial charge in [-0.2, -0.15) is 4.31 Å². The van der Waals surface area contributed by atoms with Gasteiger partial charge in [-0.3, -0.25) is 9.10 Å². The molecule has 0 fully saturated rings. The van der Waals surface area contributed by atoms with Crippen LogP contribution in [0, 0.1) is 5.82 Å². The molecule has 208 valence electrons. The summed E-state index contributed by atoms with van der Waals surface area (Å²) in [5.74, 6) is -0.771. The SMILES string of the molecule is CCN(CC)S(=O)(=O)c1ccc(NC(=O)CN(c2cccc(F)c2)S(=O)(=O)c2ccc3c(c2)OCCO3)cc1. The highest BCUT2D eigenvalue weighted by Gasteiger charge is 2.29. The van der Waals surface area contributed by atoms with Crippen LogP contribution in [-0.4, -0.2) is 59.9 Å². The minimum Gasteiger partial charge on any atom is -0.486 e. The molecule has 0 aromatic heterocycles. The predicted molar refractivity (Wildman–Crippen MR) is 144 cm³/mol.